The molecule has 1 aliphatic rings. The molecule has 4 nitrogen and oxygen atoms in total. The van der Waals surface area contributed by atoms with Gasteiger partial charge in [0.05, 0.1) is 6.54 Å². The first-order valence-corrected chi connectivity index (χ1v) is 6.39. The fourth-order valence-corrected chi connectivity index (χ4v) is 2.55. The highest BCUT2D eigenvalue weighted by atomic mass is 35.5. The van der Waals surface area contributed by atoms with Gasteiger partial charge in [0.2, 0.25) is 0 Å². The van der Waals surface area contributed by atoms with Gasteiger partial charge in [-0.25, -0.2) is 0 Å². The van der Waals surface area contributed by atoms with Gasteiger partial charge < -0.3 is 16.2 Å². The molecule has 2 rings (SSSR count). The molecule has 0 spiro atoms. The third-order valence-corrected chi connectivity index (χ3v) is 3.69. The van der Waals surface area contributed by atoms with Crippen LogP contribution in [0.3, 0.4) is 0 Å². The van der Waals surface area contributed by atoms with Gasteiger partial charge in [-0.15, -0.1) is 0 Å². The van der Waals surface area contributed by atoms with Gasteiger partial charge in [0.1, 0.15) is 0 Å². The van der Waals surface area contributed by atoms with Crippen molar-refractivity contribution < 1.29 is 4.74 Å². The fourth-order valence-electron chi connectivity index (χ4n) is 2.36. The molecule has 0 atom stereocenters. The predicted molar refractivity (Wildman–Crippen MR) is 73.9 cm³/mol. The maximum Gasteiger partial charge on any atom is 0.185 e. The molecule has 1 heterocycles. The van der Waals surface area contributed by atoms with Crippen molar-refractivity contribution in [3.05, 3.63) is 34.9 Å². The van der Waals surface area contributed by atoms with E-state index in [4.69, 9.17) is 27.8 Å². The van der Waals surface area contributed by atoms with Gasteiger partial charge in [0, 0.05) is 23.7 Å². The first kappa shape index (κ1) is 13.2. The maximum absolute atomic E-state index is 6.07. The van der Waals surface area contributed by atoms with E-state index in [1.807, 2.05) is 18.2 Å². The number of nitrogens with zero attached hydrogens (tertiary/aromatic N) is 1. The monoisotopic (exact) mass is 267 g/mol. The summed E-state index contributed by atoms with van der Waals surface area (Å²) in [5.74, 6) is 0.128. The van der Waals surface area contributed by atoms with E-state index in [0.717, 1.165) is 31.1 Å². The van der Waals surface area contributed by atoms with Crippen LogP contribution >= 0.6 is 11.6 Å². The largest absolute Gasteiger partial charge is 0.381 e. The van der Waals surface area contributed by atoms with Gasteiger partial charge in [-0.2, -0.15) is 0 Å². The van der Waals surface area contributed by atoms with Gasteiger partial charge in [-0.3, -0.25) is 4.99 Å². The summed E-state index contributed by atoms with van der Waals surface area (Å²) in [5, 5.41) is 0.739. The molecule has 0 aliphatic carbocycles. The standard InChI is InChI=1S/C13H18ClN3O/c14-11-3-1-2-10(8-11)13(9-17-12(15)16)4-6-18-7-5-13/h1-3,8H,4-7,9H2,(H4,15,16,17). The van der Waals surface area contributed by atoms with Crippen LogP contribution < -0.4 is 11.5 Å². The van der Waals surface area contributed by atoms with Crippen molar-refractivity contribution in [3.63, 3.8) is 0 Å². The minimum absolute atomic E-state index is 0.0624. The molecule has 0 radical (unpaired) electrons. The van der Waals surface area contributed by atoms with E-state index in [9.17, 15) is 0 Å². The summed E-state index contributed by atoms with van der Waals surface area (Å²) in [4.78, 5) is 4.20. The summed E-state index contributed by atoms with van der Waals surface area (Å²) in [7, 11) is 0. The lowest BCUT2D eigenvalue weighted by Gasteiger charge is -2.36. The van der Waals surface area contributed by atoms with Crippen LogP contribution in [-0.4, -0.2) is 25.7 Å². The summed E-state index contributed by atoms with van der Waals surface area (Å²) in [6.07, 6.45) is 1.81. The second kappa shape index (κ2) is 5.59. The van der Waals surface area contributed by atoms with Gasteiger partial charge in [0.25, 0.3) is 0 Å². The van der Waals surface area contributed by atoms with Gasteiger partial charge in [0.15, 0.2) is 5.96 Å². The second-order valence-electron chi connectivity index (χ2n) is 4.64. The molecule has 0 saturated carbocycles. The molecular weight excluding hydrogens is 250 g/mol. The molecule has 0 unspecified atom stereocenters. The molecule has 98 valence electrons. The van der Waals surface area contributed by atoms with Crippen LogP contribution in [0, 0.1) is 0 Å². The van der Waals surface area contributed by atoms with Crippen LogP contribution in [0.2, 0.25) is 5.02 Å². The third kappa shape index (κ3) is 2.94. The quantitative estimate of drug-likeness (QED) is 0.646. The number of halogens is 1. The van der Waals surface area contributed by atoms with Crippen molar-refractivity contribution in [1.82, 2.24) is 0 Å². The van der Waals surface area contributed by atoms with Gasteiger partial charge in [-0.05, 0) is 30.5 Å². The first-order valence-electron chi connectivity index (χ1n) is 6.02. The van der Waals surface area contributed by atoms with Crippen LogP contribution in [0.1, 0.15) is 18.4 Å². The van der Waals surface area contributed by atoms with Crippen LogP contribution in [0.15, 0.2) is 29.3 Å². The summed E-state index contributed by atoms with van der Waals surface area (Å²) in [6, 6.07) is 7.91. The zero-order valence-corrected chi connectivity index (χ0v) is 11.0. The second-order valence-corrected chi connectivity index (χ2v) is 5.08. The Bertz CT molecular complexity index is 438. The number of benzene rings is 1. The van der Waals surface area contributed by atoms with Gasteiger partial charge in [-0.1, -0.05) is 23.7 Å². The number of ether oxygens (including phenoxy) is 1. The van der Waals surface area contributed by atoms with Crippen molar-refractivity contribution in [1.29, 1.82) is 0 Å². The Morgan fingerprint density at radius 1 is 1.33 bits per heavy atom. The van der Waals surface area contributed by atoms with Crippen LogP contribution in [0.4, 0.5) is 0 Å². The number of aliphatic imine (C=N–C) groups is 1. The molecule has 5 heteroatoms. The zero-order valence-electron chi connectivity index (χ0n) is 10.2. The van der Waals surface area contributed by atoms with Crippen LogP contribution in [0.25, 0.3) is 0 Å². The van der Waals surface area contributed by atoms with E-state index >= 15 is 0 Å². The third-order valence-electron chi connectivity index (χ3n) is 3.45. The van der Waals surface area contributed by atoms with Crippen LogP contribution in [0.5, 0.6) is 0 Å². The predicted octanol–water partition coefficient (Wildman–Crippen LogP) is 1.66. The number of rotatable bonds is 3. The molecule has 1 aromatic rings. The summed E-state index contributed by atoms with van der Waals surface area (Å²) in [5.41, 5.74) is 12.0. The van der Waals surface area contributed by atoms with Crippen molar-refractivity contribution >= 4 is 17.6 Å². The smallest absolute Gasteiger partial charge is 0.185 e. The number of guanidine groups is 1. The minimum Gasteiger partial charge on any atom is -0.381 e. The van der Waals surface area contributed by atoms with Crippen molar-refractivity contribution in [3.8, 4) is 0 Å². The Hall–Kier alpha value is -1.26. The zero-order chi connectivity index (χ0) is 13.0. The Kier molecular flexibility index (Phi) is 4.09. The van der Waals surface area contributed by atoms with E-state index in [1.165, 1.54) is 5.56 Å². The lowest BCUT2D eigenvalue weighted by molar-refractivity contribution is 0.0531. The maximum atomic E-state index is 6.07. The average Bonchev–Trinajstić information content (AvgIpc) is 2.37. The van der Waals surface area contributed by atoms with E-state index in [0.29, 0.717) is 6.54 Å². The van der Waals surface area contributed by atoms with Gasteiger partial charge >= 0.3 is 0 Å². The summed E-state index contributed by atoms with van der Waals surface area (Å²) >= 11 is 6.07. The average molecular weight is 268 g/mol. The number of hydrogen-bond donors (Lipinski definition) is 2. The van der Waals surface area contributed by atoms with Crippen LogP contribution in [-0.2, 0) is 10.2 Å². The molecule has 4 N–H and O–H groups in total. The molecule has 1 aliphatic heterocycles. The van der Waals surface area contributed by atoms with E-state index in [-0.39, 0.29) is 11.4 Å². The molecule has 18 heavy (non-hydrogen) atoms. The topological polar surface area (TPSA) is 73.6 Å². The molecule has 0 bridgehead atoms. The highest BCUT2D eigenvalue weighted by molar-refractivity contribution is 6.30. The molecule has 0 amide bonds. The molecular formula is C13H18ClN3O. The normalized spacial score (nSPS) is 18.3. The van der Waals surface area contributed by atoms with Crippen molar-refractivity contribution in [2.45, 2.75) is 18.3 Å². The number of hydrogen-bond acceptors (Lipinski definition) is 2. The molecule has 1 saturated heterocycles. The SMILES string of the molecule is NC(N)=NCC1(c2cccc(Cl)c2)CCOCC1. The Morgan fingerprint density at radius 3 is 2.67 bits per heavy atom. The van der Waals surface area contributed by atoms with E-state index in [1.54, 1.807) is 0 Å². The summed E-state index contributed by atoms with van der Waals surface area (Å²) in [6.45, 7) is 2.04. The van der Waals surface area contributed by atoms with E-state index < -0.39 is 0 Å². The highest BCUT2D eigenvalue weighted by Gasteiger charge is 2.34. The minimum atomic E-state index is -0.0624. The molecule has 1 fully saturated rings. The molecule has 0 aromatic heterocycles. The fraction of sp³-hybridized carbons (Fsp3) is 0.462. The first-order chi connectivity index (χ1) is 8.62. The Labute approximate surface area is 112 Å². The van der Waals surface area contributed by atoms with E-state index in [2.05, 4.69) is 11.1 Å². The Balaban J connectivity index is 2.32. The Morgan fingerprint density at radius 2 is 2.06 bits per heavy atom. The van der Waals surface area contributed by atoms with Crippen molar-refractivity contribution in [2.75, 3.05) is 19.8 Å². The lowest BCUT2D eigenvalue weighted by Crippen LogP contribution is -2.38. The highest BCUT2D eigenvalue weighted by Crippen LogP contribution is 2.36. The summed E-state index contributed by atoms with van der Waals surface area (Å²) < 4.78 is 5.44. The number of nitrogens with two attached hydrogens (primary N) is 2. The van der Waals surface area contributed by atoms with Crippen molar-refractivity contribution in [2.24, 2.45) is 16.5 Å². The lowest BCUT2D eigenvalue weighted by atomic mass is 9.74. The molecule has 1 aromatic carbocycles.